The number of fused-ring (bicyclic) bond motifs is 1. The van der Waals surface area contributed by atoms with Crippen molar-refractivity contribution >= 4 is 79.7 Å². The quantitative estimate of drug-likeness (QED) is 0.0432. The predicted molar refractivity (Wildman–Crippen MR) is 274 cm³/mol. The summed E-state index contributed by atoms with van der Waals surface area (Å²) in [7, 11) is 1.96. The molecular formula is C49H65N11O10S2. The Bertz CT molecular complexity index is 2480. The molecule has 0 aliphatic carbocycles. The Labute approximate surface area is 424 Å². The maximum Gasteiger partial charge on any atom is 0.245 e. The van der Waals surface area contributed by atoms with Crippen molar-refractivity contribution in [2.24, 2.45) is 17.2 Å². The summed E-state index contributed by atoms with van der Waals surface area (Å²) in [4.78, 5) is 115. The molecule has 0 saturated carbocycles. The number of carbonyl (C=O) groups excluding carboxylic acids is 8. The number of H-pyrrole nitrogens is 1. The first-order valence-electron chi connectivity index (χ1n) is 23.6. The van der Waals surface area contributed by atoms with Crippen molar-refractivity contribution in [3.63, 3.8) is 0 Å². The normalized spacial score (nSPS) is 22.6. The molecule has 3 unspecified atom stereocenters. The number of aromatic nitrogens is 1. The average Bonchev–Trinajstić information content (AvgIpc) is 3.76. The molecular weight excluding hydrogens is 967 g/mol. The van der Waals surface area contributed by atoms with Crippen LogP contribution < -0.4 is 54.4 Å². The number of benzene rings is 3. The summed E-state index contributed by atoms with van der Waals surface area (Å²) in [5, 5.41) is 40.3. The first kappa shape index (κ1) is 56.4. The Hall–Kier alpha value is -6.50. The summed E-state index contributed by atoms with van der Waals surface area (Å²) in [6.07, 6.45) is -0.557. The highest BCUT2D eigenvalue weighted by atomic mass is 33.1. The van der Waals surface area contributed by atoms with E-state index in [-0.39, 0.29) is 43.7 Å². The Balaban J connectivity index is 1.57. The van der Waals surface area contributed by atoms with Crippen molar-refractivity contribution in [2.45, 2.75) is 113 Å². The first-order chi connectivity index (χ1) is 34.4. The van der Waals surface area contributed by atoms with E-state index in [4.69, 9.17) is 17.2 Å². The van der Waals surface area contributed by atoms with Crippen LogP contribution in [-0.2, 0) is 57.6 Å². The van der Waals surface area contributed by atoms with E-state index in [0.29, 0.717) is 24.0 Å². The number of aliphatic hydroxyl groups is 2. The van der Waals surface area contributed by atoms with Gasteiger partial charge in [0.25, 0.3) is 0 Å². The molecule has 388 valence electrons. The average molecular weight is 1030 g/mol. The van der Waals surface area contributed by atoms with Gasteiger partial charge in [0.05, 0.1) is 18.2 Å². The van der Waals surface area contributed by atoms with Gasteiger partial charge in [0.1, 0.15) is 42.3 Å². The number of hydrogen-bond donors (Lipinski definition) is 13. The van der Waals surface area contributed by atoms with Crippen LogP contribution in [0.4, 0.5) is 0 Å². The predicted octanol–water partition coefficient (Wildman–Crippen LogP) is -1.31. The summed E-state index contributed by atoms with van der Waals surface area (Å²) in [5.41, 5.74) is 20.4. The fourth-order valence-electron chi connectivity index (χ4n) is 7.81. The summed E-state index contributed by atoms with van der Waals surface area (Å²) in [6.45, 7) is 2.70. The second kappa shape index (κ2) is 27.9. The highest BCUT2D eigenvalue weighted by molar-refractivity contribution is 8.76. The van der Waals surface area contributed by atoms with E-state index in [9.17, 15) is 48.6 Å². The van der Waals surface area contributed by atoms with Gasteiger partial charge in [0.15, 0.2) is 0 Å². The Morgan fingerprint density at radius 2 is 1.29 bits per heavy atom. The maximum atomic E-state index is 14.7. The van der Waals surface area contributed by atoms with Crippen LogP contribution in [-0.4, -0.2) is 141 Å². The van der Waals surface area contributed by atoms with Crippen LogP contribution in [0.3, 0.4) is 0 Å². The highest BCUT2D eigenvalue weighted by Gasteiger charge is 2.37. The number of unbranched alkanes of at least 4 members (excludes halogenated alkanes) is 1. The van der Waals surface area contributed by atoms with Crippen molar-refractivity contribution in [3.8, 4) is 0 Å². The monoisotopic (exact) mass is 1030 g/mol. The number of carbonyl (C=O) groups is 8. The molecule has 8 amide bonds. The molecule has 0 spiro atoms. The lowest BCUT2D eigenvalue weighted by molar-refractivity contribution is -0.137. The molecule has 1 aliphatic heterocycles. The van der Waals surface area contributed by atoms with Gasteiger partial charge in [-0.1, -0.05) is 100 Å². The van der Waals surface area contributed by atoms with Crippen LogP contribution >= 0.6 is 21.6 Å². The van der Waals surface area contributed by atoms with E-state index in [1.165, 1.54) is 13.8 Å². The standard InChI is InChI=1S/C49H65N11O10S2/c1-27(61)40(42(52)63)59-48(69)39-26-72-71-25-38(57-43(64)33(51)21-29-13-5-3-6-14-29)47(68)55-36(22-30-15-7-4-8-16-30)45(66)56-37(23-31-24-53-34-18-10-9-17-32(31)34)46(67)54-35(19-11-12-20-50)44(65)60-41(28(2)62)49(70)58-39/h3-10,13-18,24,27-28,33,35-41,53,61-62H,11-12,19-23,25-26,50-51H2,1-2H3,(H2,52,63)(H,54,67)(H,55,68)(H,56,66)(H,57,64)(H,58,70)(H,59,69)(H,60,65)/t27-,28+,33-,35+,36?,37-,38+,39?,40+,41?/m1/s1. The third-order valence-electron chi connectivity index (χ3n) is 11.8. The van der Waals surface area contributed by atoms with E-state index >= 15 is 0 Å². The third kappa shape index (κ3) is 16.8. The molecule has 16 N–H and O–H groups in total. The molecule has 4 aromatic rings. The van der Waals surface area contributed by atoms with Gasteiger partial charge in [-0.05, 0) is 68.8 Å². The summed E-state index contributed by atoms with van der Waals surface area (Å²) in [6, 6.07) is 13.7. The van der Waals surface area contributed by atoms with Crippen molar-refractivity contribution < 1.29 is 48.6 Å². The summed E-state index contributed by atoms with van der Waals surface area (Å²) >= 11 is 0. The molecule has 1 aliphatic rings. The largest absolute Gasteiger partial charge is 0.391 e. The Morgan fingerprint density at radius 3 is 1.93 bits per heavy atom. The number of para-hydroxylation sites is 1. The number of nitrogens with two attached hydrogens (primary N) is 3. The number of aromatic amines is 1. The van der Waals surface area contributed by atoms with E-state index in [2.05, 4.69) is 42.2 Å². The fourth-order valence-corrected chi connectivity index (χ4v) is 10.1. The second-order valence-electron chi connectivity index (χ2n) is 17.6. The molecule has 21 nitrogen and oxygen atoms in total. The number of aliphatic hydroxyl groups excluding tert-OH is 2. The SMILES string of the molecule is C[C@H](O)C1NC(=O)[C@H](CCCCN)NC(=O)[C@@H](Cc2c[nH]c3ccccc23)NC(=O)C(Cc2ccccc2)NC(=O)[C@@H](NC(=O)[C@H](N)Cc2ccccc2)CSSCC(C(=O)N[C@H](C(N)=O)[C@@H](C)O)NC1=O. The number of amides is 8. The van der Waals surface area contributed by atoms with Gasteiger partial charge in [-0.15, -0.1) is 0 Å². The minimum atomic E-state index is -1.71. The number of primary amides is 1. The van der Waals surface area contributed by atoms with Crippen LogP contribution in [0.1, 0.15) is 49.8 Å². The number of nitrogens with one attached hydrogen (secondary N) is 8. The molecule has 0 bridgehead atoms. The molecule has 1 fully saturated rings. The first-order valence-corrected chi connectivity index (χ1v) is 26.0. The van der Waals surface area contributed by atoms with E-state index < -0.39 is 108 Å². The molecule has 1 saturated heterocycles. The smallest absolute Gasteiger partial charge is 0.245 e. The van der Waals surface area contributed by atoms with Gasteiger partial charge >= 0.3 is 0 Å². The lowest BCUT2D eigenvalue weighted by atomic mass is 10.0. The molecule has 3 aromatic carbocycles. The van der Waals surface area contributed by atoms with E-state index in [0.717, 1.165) is 38.1 Å². The highest BCUT2D eigenvalue weighted by Crippen LogP contribution is 2.24. The molecule has 5 rings (SSSR count). The van der Waals surface area contributed by atoms with Gasteiger partial charge in [0, 0.05) is 41.4 Å². The molecule has 23 heteroatoms. The topological polar surface area (TPSA) is 355 Å². The zero-order chi connectivity index (χ0) is 52.3. The fraction of sp³-hybridized carbons (Fsp3) is 0.429. The minimum absolute atomic E-state index is 0.0121. The van der Waals surface area contributed by atoms with E-state index in [1.807, 2.05) is 30.3 Å². The zero-order valence-corrected chi connectivity index (χ0v) is 41.6. The molecule has 2 heterocycles. The van der Waals surface area contributed by atoms with Crippen molar-refractivity contribution in [2.75, 3.05) is 18.1 Å². The van der Waals surface area contributed by atoms with Gasteiger partial charge in [-0.25, -0.2) is 0 Å². The lowest BCUT2D eigenvalue weighted by Crippen LogP contribution is -2.62. The molecule has 72 heavy (non-hydrogen) atoms. The van der Waals surface area contributed by atoms with Crippen LogP contribution in [0, 0.1) is 0 Å². The summed E-state index contributed by atoms with van der Waals surface area (Å²) in [5.74, 6) is -7.51. The van der Waals surface area contributed by atoms with Crippen molar-refractivity contribution in [1.29, 1.82) is 0 Å². The molecule has 10 atom stereocenters. The van der Waals surface area contributed by atoms with Crippen LogP contribution in [0.15, 0.2) is 91.1 Å². The maximum absolute atomic E-state index is 14.7. The van der Waals surface area contributed by atoms with Crippen molar-refractivity contribution in [3.05, 3.63) is 108 Å². The van der Waals surface area contributed by atoms with Gasteiger partial charge < -0.3 is 69.6 Å². The van der Waals surface area contributed by atoms with Crippen LogP contribution in [0.5, 0.6) is 0 Å². The zero-order valence-electron chi connectivity index (χ0n) is 40.0. The van der Waals surface area contributed by atoms with Crippen molar-refractivity contribution in [1.82, 2.24) is 42.2 Å². The van der Waals surface area contributed by atoms with Crippen LogP contribution in [0.25, 0.3) is 10.9 Å². The van der Waals surface area contributed by atoms with E-state index in [1.54, 1.807) is 60.8 Å². The molecule has 1 aromatic heterocycles. The minimum Gasteiger partial charge on any atom is -0.391 e. The number of hydrogen-bond acceptors (Lipinski definition) is 14. The second-order valence-corrected chi connectivity index (χ2v) is 20.1. The lowest BCUT2D eigenvalue weighted by Gasteiger charge is -2.29. The van der Waals surface area contributed by atoms with Crippen LogP contribution in [0.2, 0.25) is 0 Å². The van der Waals surface area contributed by atoms with Gasteiger partial charge in [-0.3, -0.25) is 38.4 Å². The molecule has 0 radical (unpaired) electrons. The van der Waals surface area contributed by atoms with Gasteiger partial charge in [-0.2, -0.15) is 0 Å². The Morgan fingerprint density at radius 1 is 0.708 bits per heavy atom. The Kier molecular flexibility index (Phi) is 21.9. The number of rotatable bonds is 17. The van der Waals surface area contributed by atoms with Gasteiger partial charge in [0.2, 0.25) is 47.3 Å². The summed E-state index contributed by atoms with van der Waals surface area (Å²) < 4.78 is 0. The third-order valence-corrected chi connectivity index (χ3v) is 14.3.